The molecule has 0 saturated carbocycles. The van der Waals surface area contributed by atoms with Gasteiger partial charge < -0.3 is 5.73 Å². The molecule has 21 heavy (non-hydrogen) atoms. The van der Waals surface area contributed by atoms with Crippen LogP contribution in [0.15, 0.2) is 12.7 Å². The van der Waals surface area contributed by atoms with Crippen molar-refractivity contribution in [3.05, 3.63) is 12.7 Å². The zero-order valence-corrected chi connectivity index (χ0v) is 12.7. The molecule has 5 heteroatoms. The first-order valence-electron chi connectivity index (χ1n) is 7.83. The van der Waals surface area contributed by atoms with Crippen LogP contribution in [-0.4, -0.2) is 35.1 Å². The summed E-state index contributed by atoms with van der Waals surface area (Å²) in [4.78, 5) is 36.1. The van der Waals surface area contributed by atoms with E-state index in [4.69, 9.17) is 5.73 Å². The Kier molecular flexibility index (Phi) is 7.90. The number of imide groups is 1. The topological polar surface area (TPSA) is 80.5 Å². The lowest BCUT2D eigenvalue weighted by molar-refractivity contribution is -0.154. The Bertz CT molecular complexity index is 393. The minimum atomic E-state index is -0.739. The number of amides is 2. The molecule has 1 rings (SSSR count). The van der Waals surface area contributed by atoms with Crippen LogP contribution in [0.25, 0.3) is 0 Å². The Hall–Kier alpha value is -1.49. The summed E-state index contributed by atoms with van der Waals surface area (Å²) < 4.78 is 0. The molecular weight excluding hydrogens is 268 g/mol. The van der Waals surface area contributed by atoms with Crippen LogP contribution in [0.4, 0.5) is 0 Å². The summed E-state index contributed by atoms with van der Waals surface area (Å²) in [6.07, 6.45) is 10.1. The number of carbonyl (C=O) groups is 3. The number of nitrogens with zero attached hydrogens (tertiary/aromatic N) is 1. The molecule has 0 aliphatic carbocycles. The average molecular weight is 294 g/mol. The summed E-state index contributed by atoms with van der Waals surface area (Å²) in [7, 11) is 0. The van der Waals surface area contributed by atoms with E-state index in [1.807, 2.05) is 6.08 Å². The van der Waals surface area contributed by atoms with Gasteiger partial charge in [-0.25, -0.2) is 0 Å². The third-order valence-electron chi connectivity index (χ3n) is 3.81. The van der Waals surface area contributed by atoms with Gasteiger partial charge in [0.15, 0.2) is 0 Å². The van der Waals surface area contributed by atoms with Crippen LogP contribution in [0.3, 0.4) is 0 Å². The lowest BCUT2D eigenvalue weighted by atomic mass is 10.0. The molecule has 0 bridgehead atoms. The third kappa shape index (κ3) is 5.79. The molecule has 1 unspecified atom stereocenters. The van der Waals surface area contributed by atoms with Crippen molar-refractivity contribution in [3.63, 3.8) is 0 Å². The van der Waals surface area contributed by atoms with E-state index in [-0.39, 0.29) is 12.5 Å². The quantitative estimate of drug-likeness (QED) is 0.400. The number of rotatable bonds is 9. The van der Waals surface area contributed by atoms with E-state index >= 15 is 0 Å². The predicted molar refractivity (Wildman–Crippen MR) is 81.5 cm³/mol. The summed E-state index contributed by atoms with van der Waals surface area (Å²) in [5, 5.41) is 0. The van der Waals surface area contributed by atoms with Crippen LogP contribution in [-0.2, 0) is 14.4 Å². The number of hydrogen-bond acceptors (Lipinski definition) is 4. The summed E-state index contributed by atoms with van der Waals surface area (Å²) >= 11 is 0. The average Bonchev–Trinajstić information content (AvgIpc) is 2.47. The number of Topliss-reactive ketones (excluding diaryl/α,β-unsaturated/α-hetero) is 1. The molecule has 1 saturated heterocycles. The second-order valence-electron chi connectivity index (χ2n) is 5.56. The van der Waals surface area contributed by atoms with Gasteiger partial charge in [-0.15, -0.1) is 6.58 Å². The molecule has 1 heterocycles. The van der Waals surface area contributed by atoms with Crippen LogP contribution in [0.2, 0.25) is 0 Å². The van der Waals surface area contributed by atoms with Gasteiger partial charge in [-0.2, -0.15) is 0 Å². The van der Waals surface area contributed by atoms with Crippen molar-refractivity contribution in [2.45, 2.75) is 63.8 Å². The Labute approximate surface area is 126 Å². The number of ketones is 1. The van der Waals surface area contributed by atoms with Gasteiger partial charge in [0, 0.05) is 13.0 Å². The van der Waals surface area contributed by atoms with Crippen LogP contribution in [0.5, 0.6) is 0 Å². The Balaban J connectivity index is 2.15. The largest absolute Gasteiger partial charge is 0.321 e. The van der Waals surface area contributed by atoms with Crippen molar-refractivity contribution in [1.82, 2.24) is 4.90 Å². The van der Waals surface area contributed by atoms with E-state index in [9.17, 15) is 14.4 Å². The van der Waals surface area contributed by atoms with E-state index in [0.29, 0.717) is 12.8 Å². The van der Waals surface area contributed by atoms with Crippen LogP contribution in [0.1, 0.15) is 57.8 Å². The predicted octanol–water partition coefficient (Wildman–Crippen LogP) is 1.95. The molecule has 1 fully saturated rings. The zero-order valence-electron chi connectivity index (χ0n) is 12.7. The summed E-state index contributed by atoms with van der Waals surface area (Å²) in [5.41, 5.74) is 5.51. The second-order valence-corrected chi connectivity index (χ2v) is 5.56. The van der Waals surface area contributed by atoms with Gasteiger partial charge in [0.25, 0.3) is 5.91 Å². The highest BCUT2D eigenvalue weighted by Gasteiger charge is 2.35. The minimum Gasteiger partial charge on any atom is -0.321 e. The normalized spacial score (nSPS) is 18.9. The van der Waals surface area contributed by atoms with Crippen molar-refractivity contribution in [3.8, 4) is 0 Å². The van der Waals surface area contributed by atoms with Crippen molar-refractivity contribution in [1.29, 1.82) is 0 Å². The summed E-state index contributed by atoms with van der Waals surface area (Å²) in [6, 6.07) is -0.739. The Morgan fingerprint density at radius 3 is 2.48 bits per heavy atom. The highest BCUT2D eigenvalue weighted by Crippen LogP contribution is 2.13. The molecular formula is C16H26N2O3. The lowest BCUT2D eigenvalue weighted by Crippen LogP contribution is -2.53. The van der Waals surface area contributed by atoms with E-state index in [1.54, 1.807) is 0 Å². The second kappa shape index (κ2) is 9.45. The molecule has 1 aliphatic heterocycles. The van der Waals surface area contributed by atoms with Crippen LogP contribution >= 0.6 is 0 Å². The number of nitrogens with two attached hydrogens (primary N) is 1. The smallest absolute Gasteiger partial charge is 0.298 e. The lowest BCUT2D eigenvalue weighted by Gasteiger charge is -2.27. The number of piperidine rings is 1. The Morgan fingerprint density at radius 1 is 1.19 bits per heavy atom. The summed E-state index contributed by atoms with van der Waals surface area (Å²) in [5.74, 6) is -1.62. The highest BCUT2D eigenvalue weighted by molar-refractivity contribution is 6.41. The maximum absolute atomic E-state index is 11.9. The van der Waals surface area contributed by atoms with Crippen molar-refractivity contribution in [2.75, 3.05) is 6.54 Å². The van der Waals surface area contributed by atoms with E-state index in [2.05, 4.69) is 6.58 Å². The molecule has 0 spiro atoms. The fraction of sp³-hybridized carbons (Fsp3) is 0.688. The molecule has 0 radical (unpaired) electrons. The maximum atomic E-state index is 11.9. The molecule has 5 nitrogen and oxygen atoms in total. The number of likely N-dealkylation sites (tertiary alicyclic amines) is 1. The fourth-order valence-electron chi connectivity index (χ4n) is 2.44. The first kappa shape index (κ1) is 17.6. The maximum Gasteiger partial charge on any atom is 0.298 e. The molecule has 2 N–H and O–H groups in total. The molecule has 1 atom stereocenters. The van der Waals surface area contributed by atoms with Gasteiger partial charge in [-0.3, -0.25) is 19.3 Å². The third-order valence-corrected chi connectivity index (χ3v) is 3.81. The molecule has 0 aromatic rings. The summed E-state index contributed by atoms with van der Waals surface area (Å²) in [6.45, 7) is 3.96. The van der Waals surface area contributed by atoms with Gasteiger partial charge >= 0.3 is 0 Å². The van der Waals surface area contributed by atoms with Gasteiger partial charge in [-0.05, 0) is 25.7 Å². The fourth-order valence-corrected chi connectivity index (χ4v) is 2.44. The number of carbonyl (C=O) groups excluding carboxylic acids is 3. The van der Waals surface area contributed by atoms with Crippen molar-refractivity contribution < 1.29 is 14.4 Å². The van der Waals surface area contributed by atoms with Crippen LogP contribution < -0.4 is 5.73 Å². The molecule has 1 aliphatic rings. The number of allylic oxidation sites excluding steroid dienone is 1. The zero-order chi connectivity index (χ0) is 15.7. The first-order chi connectivity index (χ1) is 10.1. The van der Waals surface area contributed by atoms with Crippen molar-refractivity contribution >= 4 is 17.6 Å². The highest BCUT2D eigenvalue weighted by atomic mass is 16.2. The van der Waals surface area contributed by atoms with E-state index < -0.39 is 17.7 Å². The number of hydrogen-bond donors (Lipinski definition) is 1. The Morgan fingerprint density at radius 2 is 1.81 bits per heavy atom. The monoisotopic (exact) mass is 294 g/mol. The standard InChI is InChI=1S/C16H26N2O3/c1-2-3-4-5-6-7-8-9-10-14(19)18-12-11-13(17)15(20)16(18)21/h2,13H,1,3-12,17H2. The minimum absolute atomic E-state index is 0.244. The van der Waals surface area contributed by atoms with Gasteiger partial charge in [0.05, 0.1) is 6.04 Å². The van der Waals surface area contributed by atoms with Gasteiger partial charge in [-0.1, -0.05) is 31.8 Å². The molecule has 0 aromatic carbocycles. The van der Waals surface area contributed by atoms with Gasteiger partial charge in [0.1, 0.15) is 0 Å². The molecule has 118 valence electrons. The SMILES string of the molecule is C=CCCCCCCCCC(=O)N1CCC(N)C(=O)C1=O. The number of unbranched alkanes of at least 4 members (excludes halogenated alkanes) is 6. The van der Waals surface area contributed by atoms with Gasteiger partial charge in [0.2, 0.25) is 11.7 Å². The molecule has 0 aromatic heterocycles. The van der Waals surface area contributed by atoms with Crippen LogP contribution in [0, 0.1) is 0 Å². The molecule has 2 amide bonds. The van der Waals surface area contributed by atoms with E-state index in [0.717, 1.165) is 37.0 Å². The van der Waals surface area contributed by atoms with Crippen molar-refractivity contribution in [2.24, 2.45) is 5.73 Å². The van der Waals surface area contributed by atoms with E-state index in [1.165, 1.54) is 12.8 Å². The first-order valence-corrected chi connectivity index (χ1v) is 7.83.